The highest BCUT2D eigenvalue weighted by molar-refractivity contribution is 4.76. The monoisotopic (exact) mass is 796 g/mol. The van der Waals surface area contributed by atoms with Crippen LogP contribution in [0.1, 0.15) is 53.4 Å². The summed E-state index contributed by atoms with van der Waals surface area (Å²) in [5, 5.41) is 56.8. The topological polar surface area (TPSA) is 111 Å². The summed E-state index contributed by atoms with van der Waals surface area (Å²) in [6.07, 6.45) is 1.52. The average Bonchev–Trinajstić information content (AvgIpc) is 2.95. The van der Waals surface area contributed by atoms with Crippen LogP contribution in [-0.4, -0.2) is 288 Å². The molecular formula is C42H99N8O5+5. The Morgan fingerprint density at radius 2 is 0.527 bits per heavy atom. The second-order valence-electron chi connectivity index (χ2n) is 20.9. The van der Waals surface area contributed by atoms with Crippen molar-refractivity contribution in [3.8, 4) is 0 Å². The van der Waals surface area contributed by atoms with Crippen LogP contribution in [0.15, 0.2) is 0 Å². The summed E-state index contributed by atoms with van der Waals surface area (Å²) >= 11 is 0. The largest absolute Gasteiger partial charge is 0.386 e. The molecule has 0 aromatic heterocycles. The van der Waals surface area contributed by atoms with Crippen molar-refractivity contribution in [1.29, 1.82) is 0 Å². The molecule has 332 valence electrons. The zero-order valence-corrected chi connectivity index (χ0v) is 39.3. The van der Waals surface area contributed by atoms with Crippen molar-refractivity contribution >= 4 is 0 Å². The van der Waals surface area contributed by atoms with Crippen LogP contribution in [-0.2, 0) is 0 Å². The fourth-order valence-electron chi connectivity index (χ4n) is 8.85. The molecule has 0 aliphatic heterocycles. The highest BCUT2D eigenvalue weighted by Crippen LogP contribution is 2.11. The van der Waals surface area contributed by atoms with Gasteiger partial charge in [0.05, 0.1) is 104 Å². The third kappa shape index (κ3) is 28.5. The van der Waals surface area contributed by atoms with E-state index in [0.717, 1.165) is 69.8 Å². The summed E-state index contributed by atoms with van der Waals surface area (Å²) in [5.41, 5.74) is 0. The second kappa shape index (κ2) is 25.9. The zero-order chi connectivity index (χ0) is 42.7. The number of quaternary nitrogens is 5. The minimum absolute atomic E-state index is 0.465. The maximum Gasteiger partial charge on any atom is 0.115 e. The van der Waals surface area contributed by atoms with Gasteiger partial charge < -0.3 is 47.9 Å². The van der Waals surface area contributed by atoms with Crippen LogP contribution >= 0.6 is 0 Å². The number of likely N-dealkylation sites (N-methyl/N-ethyl adjacent to an activating group) is 5. The first-order chi connectivity index (χ1) is 25.2. The minimum Gasteiger partial charge on any atom is -0.386 e. The molecule has 0 aromatic carbocycles. The number of hydrogen-bond acceptors (Lipinski definition) is 8. The number of hydrogen-bond donors (Lipinski definition) is 5. The molecule has 0 heterocycles. The molecule has 13 nitrogen and oxygen atoms in total. The summed E-state index contributed by atoms with van der Waals surface area (Å²) in [7, 11) is 23.6. The van der Waals surface area contributed by atoms with Gasteiger partial charge in [-0.05, 0) is 25.7 Å². The van der Waals surface area contributed by atoms with Crippen LogP contribution in [0.25, 0.3) is 0 Å². The maximum atomic E-state index is 11.5. The molecule has 0 amide bonds. The minimum atomic E-state index is -0.541. The van der Waals surface area contributed by atoms with Gasteiger partial charge in [-0.15, -0.1) is 0 Å². The quantitative estimate of drug-likeness (QED) is 0.0595. The summed E-state index contributed by atoms with van der Waals surface area (Å²) in [6, 6.07) is 0. The fourth-order valence-corrected chi connectivity index (χ4v) is 8.85. The molecule has 0 aromatic rings. The Bertz CT molecular complexity index is 952. The average molecular weight is 796 g/mol. The van der Waals surface area contributed by atoms with Gasteiger partial charge in [0.2, 0.25) is 0 Å². The summed E-state index contributed by atoms with van der Waals surface area (Å²) in [4.78, 5) is 6.75. The van der Waals surface area contributed by atoms with Crippen molar-refractivity contribution in [2.75, 3.05) is 195 Å². The first kappa shape index (κ1) is 54.5. The normalized spacial score (nSPS) is 16.6. The summed E-state index contributed by atoms with van der Waals surface area (Å²) in [5.74, 6) is 0. The SMILES string of the molecule is CCC[N+](C)(C)CC(O)CN(CCN(CC(O)C[N+](C)(C)C)CC(O)C[N+](C)(C)CCC)CCN(CC(O)C[N+](C)(C)CCC)CC(O)C[N+](C)(C)CCC. The molecule has 0 saturated carbocycles. The van der Waals surface area contributed by atoms with Gasteiger partial charge in [-0.2, -0.15) is 0 Å². The number of aliphatic hydroxyl groups is 5. The predicted octanol–water partition coefficient (Wildman–Crippen LogP) is 0.349. The van der Waals surface area contributed by atoms with E-state index in [1.807, 2.05) is 0 Å². The smallest absolute Gasteiger partial charge is 0.115 e. The molecule has 0 bridgehead atoms. The van der Waals surface area contributed by atoms with Crippen molar-refractivity contribution in [2.24, 2.45) is 0 Å². The van der Waals surface area contributed by atoms with E-state index in [-0.39, 0.29) is 0 Å². The van der Waals surface area contributed by atoms with Gasteiger partial charge in [0, 0.05) is 58.9 Å². The van der Waals surface area contributed by atoms with Gasteiger partial charge in [0.25, 0.3) is 0 Å². The number of nitrogens with zero attached hydrogens (tertiary/aromatic N) is 8. The van der Waals surface area contributed by atoms with Gasteiger partial charge >= 0.3 is 0 Å². The molecule has 0 rings (SSSR count). The molecule has 0 spiro atoms. The third-order valence-corrected chi connectivity index (χ3v) is 10.7. The standard InChI is InChI=1S/C42H99N8O5/c1-16-24-47(8,9)34-39(52)28-43(20-22-44(29-38(51)33-46(5,6)7)30-40(53)35-48(10,11)25-17-2)21-23-45(31-41(54)36-49(12,13)26-18-3)32-42(55)37-50(14,15)27-19-4/h38-42,51-55H,16-37H2,1-15H3/q+5. The van der Waals surface area contributed by atoms with Crippen molar-refractivity contribution in [1.82, 2.24) is 14.7 Å². The zero-order valence-electron chi connectivity index (χ0n) is 39.3. The van der Waals surface area contributed by atoms with E-state index < -0.39 is 30.5 Å². The third-order valence-electron chi connectivity index (χ3n) is 10.7. The fraction of sp³-hybridized carbons (Fsp3) is 1.00. The van der Waals surface area contributed by atoms with E-state index in [1.54, 1.807) is 0 Å². The van der Waals surface area contributed by atoms with E-state index in [2.05, 4.69) is 120 Å². The van der Waals surface area contributed by atoms with E-state index in [4.69, 9.17) is 0 Å². The van der Waals surface area contributed by atoms with Crippen molar-refractivity contribution in [2.45, 2.75) is 83.9 Å². The molecule has 13 heteroatoms. The molecule has 0 saturated heterocycles. The molecular weight excluding hydrogens is 697 g/mol. The van der Waals surface area contributed by atoms with Crippen LogP contribution in [0.4, 0.5) is 0 Å². The van der Waals surface area contributed by atoms with Gasteiger partial charge in [-0.1, -0.05) is 27.7 Å². The first-order valence-corrected chi connectivity index (χ1v) is 21.8. The summed E-state index contributed by atoms with van der Waals surface area (Å²) < 4.78 is 3.63. The first-order valence-electron chi connectivity index (χ1n) is 21.8. The van der Waals surface area contributed by atoms with Gasteiger partial charge in [-0.3, -0.25) is 14.7 Å². The Hall–Kier alpha value is -0.520. The summed E-state index contributed by atoms with van der Waals surface area (Å²) in [6.45, 7) is 20.9. The van der Waals surface area contributed by atoms with Crippen LogP contribution in [0.3, 0.4) is 0 Å². The maximum absolute atomic E-state index is 11.5. The Labute approximate surface area is 341 Å². The predicted molar refractivity (Wildman–Crippen MR) is 231 cm³/mol. The van der Waals surface area contributed by atoms with Crippen LogP contribution in [0, 0.1) is 0 Å². The van der Waals surface area contributed by atoms with Crippen LogP contribution in [0.5, 0.6) is 0 Å². The lowest BCUT2D eigenvalue weighted by Crippen LogP contribution is -2.54. The number of rotatable bonds is 34. The van der Waals surface area contributed by atoms with E-state index >= 15 is 0 Å². The lowest BCUT2D eigenvalue weighted by molar-refractivity contribution is -0.893. The van der Waals surface area contributed by atoms with Crippen molar-refractivity contribution in [3.05, 3.63) is 0 Å². The van der Waals surface area contributed by atoms with Crippen molar-refractivity contribution in [3.63, 3.8) is 0 Å². The lowest BCUT2D eigenvalue weighted by atomic mass is 10.2. The highest BCUT2D eigenvalue weighted by Gasteiger charge is 2.29. The van der Waals surface area contributed by atoms with Crippen LogP contribution in [0.2, 0.25) is 0 Å². The van der Waals surface area contributed by atoms with Crippen LogP contribution < -0.4 is 0 Å². The van der Waals surface area contributed by atoms with E-state index in [9.17, 15) is 25.5 Å². The van der Waals surface area contributed by atoms with Gasteiger partial charge in [0.1, 0.15) is 63.2 Å². The highest BCUT2D eigenvalue weighted by atomic mass is 16.3. The van der Waals surface area contributed by atoms with E-state index in [1.165, 1.54) is 0 Å². The Balaban J connectivity index is 6.38. The van der Waals surface area contributed by atoms with Crippen molar-refractivity contribution < 1.29 is 47.9 Å². The Morgan fingerprint density at radius 3 is 0.745 bits per heavy atom. The molecule has 0 fully saturated rings. The number of aliphatic hydroxyl groups excluding tert-OH is 5. The molecule has 5 N–H and O–H groups in total. The second-order valence-corrected chi connectivity index (χ2v) is 20.9. The molecule has 5 atom stereocenters. The molecule has 0 radical (unpaired) electrons. The lowest BCUT2D eigenvalue weighted by Gasteiger charge is -2.38. The molecule has 0 aliphatic carbocycles. The molecule has 55 heavy (non-hydrogen) atoms. The van der Waals surface area contributed by atoms with Gasteiger partial charge in [-0.25, -0.2) is 0 Å². The molecule has 5 unspecified atom stereocenters. The molecule has 0 aliphatic rings. The Morgan fingerprint density at radius 1 is 0.327 bits per heavy atom. The van der Waals surface area contributed by atoms with Gasteiger partial charge in [0.15, 0.2) is 0 Å². The van der Waals surface area contributed by atoms with E-state index in [0.29, 0.717) is 96.1 Å². The Kier molecular flexibility index (Phi) is 25.6.